The van der Waals surface area contributed by atoms with Crippen LogP contribution in [-0.2, 0) is 28.6 Å². The Bertz CT molecular complexity index is 620. The summed E-state index contributed by atoms with van der Waals surface area (Å²) in [7, 11) is 0. The lowest BCUT2D eigenvalue weighted by molar-refractivity contribution is -0.143. The molecule has 0 saturated heterocycles. The Hall–Kier alpha value is -2.11. The van der Waals surface area contributed by atoms with E-state index in [-0.39, 0.29) is 18.0 Å². The van der Waals surface area contributed by atoms with Crippen molar-refractivity contribution >= 4 is 18.4 Å². The Morgan fingerprint density at radius 3 is 1.36 bits per heavy atom. The van der Waals surface area contributed by atoms with Gasteiger partial charge in [0.25, 0.3) is 6.47 Å². The molecular weight excluding hydrogens is 528 g/mol. The SMILES string of the molecule is CCCCCC/C=C\COC(=O)CCCCCCCC(CCCCCCCC(=O)OC/C=C\CCCCCC)OC=O. The molecule has 0 aromatic heterocycles. The third-order valence-corrected chi connectivity index (χ3v) is 7.53. The van der Waals surface area contributed by atoms with E-state index >= 15 is 0 Å². The van der Waals surface area contributed by atoms with Crippen LogP contribution in [0.2, 0.25) is 0 Å². The standard InChI is InChI=1S/C36H64O6/c1-3-5-7-9-11-19-25-31-40-35(38)29-23-17-13-15-21-27-34(42-33-37)28-22-16-14-18-24-30-36(39)41-32-26-20-12-10-8-6-4-2/h19-20,25-26,33-34H,3-18,21-24,27-32H2,1-2H3/b25-19-,26-20-. The summed E-state index contributed by atoms with van der Waals surface area (Å²) in [6.45, 7) is 5.77. The molecule has 0 unspecified atom stereocenters. The van der Waals surface area contributed by atoms with E-state index in [0.29, 0.717) is 32.5 Å². The first-order valence-corrected chi connectivity index (χ1v) is 17.3. The Morgan fingerprint density at radius 1 is 0.524 bits per heavy atom. The fourth-order valence-corrected chi connectivity index (χ4v) is 4.88. The van der Waals surface area contributed by atoms with Gasteiger partial charge in [-0.2, -0.15) is 0 Å². The van der Waals surface area contributed by atoms with Crippen LogP contribution >= 0.6 is 0 Å². The first kappa shape index (κ1) is 39.9. The average molecular weight is 593 g/mol. The van der Waals surface area contributed by atoms with E-state index in [1.807, 2.05) is 12.2 Å². The van der Waals surface area contributed by atoms with E-state index in [2.05, 4.69) is 26.0 Å². The molecule has 6 nitrogen and oxygen atoms in total. The summed E-state index contributed by atoms with van der Waals surface area (Å²) in [5.41, 5.74) is 0. The van der Waals surface area contributed by atoms with Crippen LogP contribution in [0.4, 0.5) is 0 Å². The van der Waals surface area contributed by atoms with Crippen LogP contribution in [0.25, 0.3) is 0 Å². The molecule has 0 saturated carbocycles. The third-order valence-electron chi connectivity index (χ3n) is 7.53. The van der Waals surface area contributed by atoms with Crippen LogP contribution in [0, 0.1) is 0 Å². The lowest BCUT2D eigenvalue weighted by Crippen LogP contribution is -2.12. The highest BCUT2D eigenvalue weighted by atomic mass is 16.5. The van der Waals surface area contributed by atoms with Crippen molar-refractivity contribution in [3.8, 4) is 0 Å². The minimum Gasteiger partial charge on any atom is -0.465 e. The molecule has 0 atom stereocenters. The van der Waals surface area contributed by atoms with Gasteiger partial charge in [0.15, 0.2) is 0 Å². The molecule has 244 valence electrons. The van der Waals surface area contributed by atoms with Crippen LogP contribution in [0.15, 0.2) is 24.3 Å². The van der Waals surface area contributed by atoms with Gasteiger partial charge in [0.1, 0.15) is 19.3 Å². The Balaban J connectivity index is 3.62. The van der Waals surface area contributed by atoms with Crippen LogP contribution < -0.4 is 0 Å². The Kier molecular flexibility index (Phi) is 31.7. The van der Waals surface area contributed by atoms with Gasteiger partial charge >= 0.3 is 11.9 Å². The topological polar surface area (TPSA) is 78.9 Å². The van der Waals surface area contributed by atoms with Gasteiger partial charge in [0, 0.05) is 12.8 Å². The van der Waals surface area contributed by atoms with Gasteiger partial charge < -0.3 is 14.2 Å². The monoisotopic (exact) mass is 592 g/mol. The highest BCUT2D eigenvalue weighted by molar-refractivity contribution is 5.69. The van der Waals surface area contributed by atoms with Crippen LogP contribution in [-0.4, -0.2) is 37.7 Å². The molecule has 0 heterocycles. The lowest BCUT2D eigenvalue weighted by atomic mass is 10.0. The second-order valence-corrected chi connectivity index (χ2v) is 11.5. The highest BCUT2D eigenvalue weighted by Gasteiger charge is 2.09. The van der Waals surface area contributed by atoms with Crippen molar-refractivity contribution < 1.29 is 28.6 Å². The van der Waals surface area contributed by atoms with Crippen molar-refractivity contribution in [3.63, 3.8) is 0 Å². The third kappa shape index (κ3) is 30.8. The van der Waals surface area contributed by atoms with Crippen molar-refractivity contribution in [1.82, 2.24) is 0 Å². The molecule has 0 fully saturated rings. The zero-order chi connectivity index (χ0) is 30.8. The van der Waals surface area contributed by atoms with Crippen molar-refractivity contribution in [2.75, 3.05) is 13.2 Å². The molecule has 0 aliphatic heterocycles. The van der Waals surface area contributed by atoms with Gasteiger partial charge in [-0.05, 0) is 64.2 Å². The molecule has 0 aliphatic rings. The number of esters is 2. The van der Waals surface area contributed by atoms with E-state index in [9.17, 15) is 14.4 Å². The summed E-state index contributed by atoms with van der Waals surface area (Å²) < 4.78 is 15.8. The minimum atomic E-state index is -0.110. The smallest absolute Gasteiger partial charge is 0.306 e. The second-order valence-electron chi connectivity index (χ2n) is 11.5. The second kappa shape index (κ2) is 33.4. The van der Waals surface area contributed by atoms with Gasteiger partial charge in [-0.15, -0.1) is 0 Å². The summed E-state index contributed by atoms with van der Waals surface area (Å²) in [4.78, 5) is 34.6. The summed E-state index contributed by atoms with van der Waals surface area (Å²) in [6, 6.07) is 0. The quantitative estimate of drug-likeness (QED) is 0.0254. The van der Waals surface area contributed by atoms with Crippen molar-refractivity contribution in [2.24, 2.45) is 0 Å². The molecule has 0 aromatic carbocycles. The normalized spacial score (nSPS) is 11.5. The van der Waals surface area contributed by atoms with Crippen LogP contribution in [0.5, 0.6) is 0 Å². The maximum Gasteiger partial charge on any atom is 0.306 e. The lowest BCUT2D eigenvalue weighted by Gasteiger charge is -2.15. The van der Waals surface area contributed by atoms with Gasteiger partial charge in [-0.25, -0.2) is 0 Å². The van der Waals surface area contributed by atoms with Crippen LogP contribution in [0.1, 0.15) is 168 Å². The van der Waals surface area contributed by atoms with Gasteiger partial charge in [0.05, 0.1) is 0 Å². The van der Waals surface area contributed by atoms with Crippen molar-refractivity contribution in [2.45, 2.75) is 174 Å². The molecule has 0 aliphatic carbocycles. The summed E-state index contributed by atoms with van der Waals surface area (Å²) in [5, 5.41) is 0. The number of allylic oxidation sites excluding steroid dienone is 2. The maximum atomic E-state index is 11.8. The Labute approximate surface area is 258 Å². The van der Waals surface area contributed by atoms with Gasteiger partial charge in [-0.3, -0.25) is 14.4 Å². The number of carbonyl (C=O) groups excluding carboxylic acids is 3. The number of ether oxygens (including phenoxy) is 3. The fraction of sp³-hybridized carbons (Fsp3) is 0.806. The highest BCUT2D eigenvalue weighted by Crippen LogP contribution is 2.16. The molecule has 0 bridgehead atoms. The fourth-order valence-electron chi connectivity index (χ4n) is 4.88. The van der Waals surface area contributed by atoms with E-state index < -0.39 is 0 Å². The summed E-state index contributed by atoms with van der Waals surface area (Å²) in [6.07, 6.45) is 33.2. The predicted molar refractivity (Wildman–Crippen MR) is 173 cm³/mol. The first-order chi connectivity index (χ1) is 20.6. The molecule has 0 radical (unpaired) electrons. The summed E-state index contributed by atoms with van der Waals surface area (Å²) >= 11 is 0. The number of unbranched alkanes of at least 4 members (excludes halogenated alkanes) is 16. The van der Waals surface area contributed by atoms with E-state index in [0.717, 1.165) is 89.9 Å². The van der Waals surface area contributed by atoms with Crippen molar-refractivity contribution in [1.29, 1.82) is 0 Å². The van der Waals surface area contributed by atoms with Crippen molar-refractivity contribution in [3.05, 3.63) is 24.3 Å². The largest absolute Gasteiger partial charge is 0.465 e. The van der Waals surface area contributed by atoms with Gasteiger partial charge in [0.2, 0.25) is 0 Å². The molecule has 6 heteroatoms. The number of rotatable bonds is 32. The zero-order valence-electron chi connectivity index (χ0n) is 27.3. The zero-order valence-corrected chi connectivity index (χ0v) is 27.3. The minimum absolute atomic E-state index is 0.00754. The van der Waals surface area contributed by atoms with E-state index in [4.69, 9.17) is 14.2 Å². The predicted octanol–water partition coefficient (Wildman–Crippen LogP) is 10.1. The summed E-state index contributed by atoms with van der Waals surface area (Å²) in [5.74, 6) is -0.220. The van der Waals surface area contributed by atoms with Gasteiger partial charge in [-0.1, -0.05) is 115 Å². The molecule has 0 spiro atoms. The molecule has 0 N–H and O–H groups in total. The molecule has 0 aromatic rings. The maximum absolute atomic E-state index is 11.8. The molecule has 0 amide bonds. The number of hydrogen-bond donors (Lipinski definition) is 0. The molecular formula is C36H64O6. The Morgan fingerprint density at radius 2 is 0.929 bits per heavy atom. The molecule has 42 heavy (non-hydrogen) atoms. The number of carbonyl (C=O) groups is 3. The average Bonchev–Trinajstić information content (AvgIpc) is 2.98. The first-order valence-electron chi connectivity index (χ1n) is 17.3. The number of hydrogen-bond acceptors (Lipinski definition) is 6. The van der Waals surface area contributed by atoms with Crippen LogP contribution in [0.3, 0.4) is 0 Å². The van der Waals surface area contributed by atoms with E-state index in [1.165, 1.54) is 51.4 Å². The van der Waals surface area contributed by atoms with E-state index in [1.54, 1.807) is 0 Å². The molecule has 0 rings (SSSR count).